The van der Waals surface area contributed by atoms with E-state index in [0.29, 0.717) is 13.0 Å². The Morgan fingerprint density at radius 3 is 2.50 bits per heavy atom. The molecule has 0 aliphatic heterocycles. The van der Waals surface area contributed by atoms with Gasteiger partial charge in [0, 0.05) is 16.2 Å². The van der Waals surface area contributed by atoms with Crippen LogP contribution in [0, 0.1) is 0 Å². The van der Waals surface area contributed by atoms with Crippen molar-refractivity contribution in [1.29, 1.82) is 0 Å². The molecule has 0 radical (unpaired) electrons. The van der Waals surface area contributed by atoms with Crippen LogP contribution >= 0.6 is 11.3 Å². The molecule has 1 unspecified atom stereocenters. The van der Waals surface area contributed by atoms with Gasteiger partial charge in [-0.15, -0.1) is 11.3 Å². The van der Waals surface area contributed by atoms with Gasteiger partial charge in [-0.05, 0) is 44.4 Å². The number of hydrogen-bond acceptors (Lipinski definition) is 4. The smallest absolute Gasteiger partial charge is 0.326 e. The summed E-state index contributed by atoms with van der Waals surface area (Å²) in [5.74, 6) is -0.339. The fourth-order valence-electron chi connectivity index (χ4n) is 2.29. The molecule has 1 atom stereocenters. The highest BCUT2D eigenvalue weighted by Gasteiger charge is 2.30. The van der Waals surface area contributed by atoms with Crippen LogP contribution in [-0.2, 0) is 28.8 Å². The standard InChI is InChI=1S/C18H23NO2S/c1-3-21-17(20)18(2,19)13-16-12-11-15(22-16)10-9-14-7-5-4-6-8-14/h4-8,11-12H,3,9-10,13,19H2,1-2H3. The van der Waals surface area contributed by atoms with E-state index in [4.69, 9.17) is 10.5 Å². The molecule has 1 aromatic carbocycles. The number of carbonyl (C=O) groups excluding carboxylic acids is 1. The van der Waals surface area contributed by atoms with Gasteiger partial charge in [0.2, 0.25) is 0 Å². The molecule has 2 rings (SSSR count). The molecule has 1 heterocycles. The van der Waals surface area contributed by atoms with Crippen LogP contribution in [-0.4, -0.2) is 18.1 Å². The number of rotatable bonds is 7. The van der Waals surface area contributed by atoms with E-state index in [0.717, 1.165) is 17.7 Å². The molecule has 2 aromatic rings. The monoisotopic (exact) mass is 317 g/mol. The van der Waals surface area contributed by atoms with E-state index in [2.05, 4.69) is 36.4 Å². The second kappa shape index (κ2) is 7.56. The van der Waals surface area contributed by atoms with Crippen molar-refractivity contribution in [2.45, 2.75) is 38.6 Å². The van der Waals surface area contributed by atoms with Gasteiger partial charge in [0.15, 0.2) is 0 Å². The maximum atomic E-state index is 11.8. The number of benzene rings is 1. The van der Waals surface area contributed by atoms with E-state index in [9.17, 15) is 4.79 Å². The number of carbonyl (C=O) groups is 1. The average molecular weight is 317 g/mol. The Balaban J connectivity index is 1.92. The molecule has 22 heavy (non-hydrogen) atoms. The molecule has 0 aliphatic rings. The summed E-state index contributed by atoms with van der Waals surface area (Å²) in [5.41, 5.74) is 6.46. The highest BCUT2D eigenvalue weighted by Crippen LogP contribution is 2.23. The summed E-state index contributed by atoms with van der Waals surface area (Å²) in [6.07, 6.45) is 2.55. The molecule has 3 nitrogen and oxygen atoms in total. The SMILES string of the molecule is CCOC(=O)C(C)(N)Cc1ccc(CCc2ccccc2)s1. The van der Waals surface area contributed by atoms with Gasteiger partial charge in [0.1, 0.15) is 5.54 Å². The van der Waals surface area contributed by atoms with Crippen LogP contribution in [0.5, 0.6) is 0 Å². The molecule has 118 valence electrons. The van der Waals surface area contributed by atoms with E-state index in [-0.39, 0.29) is 5.97 Å². The number of esters is 1. The van der Waals surface area contributed by atoms with Gasteiger partial charge < -0.3 is 10.5 Å². The zero-order chi connectivity index (χ0) is 16.0. The maximum Gasteiger partial charge on any atom is 0.326 e. The van der Waals surface area contributed by atoms with E-state index >= 15 is 0 Å². The highest BCUT2D eigenvalue weighted by atomic mass is 32.1. The molecule has 0 amide bonds. The van der Waals surface area contributed by atoms with Crippen molar-refractivity contribution in [2.24, 2.45) is 5.73 Å². The molecule has 1 aromatic heterocycles. The van der Waals surface area contributed by atoms with Crippen LogP contribution in [0.1, 0.15) is 29.2 Å². The molecule has 0 fully saturated rings. The van der Waals surface area contributed by atoms with Gasteiger partial charge in [-0.3, -0.25) is 4.79 Å². The molecule has 4 heteroatoms. The Morgan fingerprint density at radius 1 is 1.14 bits per heavy atom. The van der Waals surface area contributed by atoms with Gasteiger partial charge in [-0.1, -0.05) is 30.3 Å². The second-order valence-electron chi connectivity index (χ2n) is 5.67. The first-order valence-corrected chi connectivity index (χ1v) is 8.40. The van der Waals surface area contributed by atoms with Gasteiger partial charge >= 0.3 is 5.97 Å². The fraction of sp³-hybridized carbons (Fsp3) is 0.389. The van der Waals surface area contributed by atoms with Crippen molar-refractivity contribution in [3.63, 3.8) is 0 Å². The predicted octanol–water partition coefficient (Wildman–Crippen LogP) is 3.36. The summed E-state index contributed by atoms with van der Waals surface area (Å²) in [6.45, 7) is 3.88. The van der Waals surface area contributed by atoms with E-state index < -0.39 is 5.54 Å². The van der Waals surface area contributed by atoms with E-state index in [1.807, 2.05) is 6.07 Å². The van der Waals surface area contributed by atoms with Crippen molar-refractivity contribution in [1.82, 2.24) is 0 Å². The van der Waals surface area contributed by atoms with Crippen LogP contribution < -0.4 is 5.73 Å². The Morgan fingerprint density at radius 2 is 1.82 bits per heavy atom. The highest BCUT2D eigenvalue weighted by molar-refractivity contribution is 7.12. The Labute approximate surface area is 136 Å². The summed E-state index contributed by atoms with van der Waals surface area (Å²) in [6, 6.07) is 14.6. The van der Waals surface area contributed by atoms with Crippen LogP contribution in [0.15, 0.2) is 42.5 Å². The molecule has 0 spiro atoms. The largest absolute Gasteiger partial charge is 0.465 e. The second-order valence-corrected chi connectivity index (χ2v) is 6.92. The minimum atomic E-state index is -0.961. The van der Waals surface area contributed by atoms with Crippen molar-refractivity contribution >= 4 is 17.3 Å². The summed E-state index contributed by atoms with van der Waals surface area (Å²) >= 11 is 1.73. The molecule has 0 bridgehead atoms. The zero-order valence-electron chi connectivity index (χ0n) is 13.2. The van der Waals surface area contributed by atoms with Gasteiger partial charge in [0.25, 0.3) is 0 Å². The van der Waals surface area contributed by atoms with Crippen LogP contribution in [0.2, 0.25) is 0 Å². The molecule has 0 aliphatic carbocycles. The van der Waals surface area contributed by atoms with Gasteiger partial charge in [-0.2, -0.15) is 0 Å². The third-order valence-electron chi connectivity index (χ3n) is 3.50. The number of thiophene rings is 1. The molecular weight excluding hydrogens is 294 g/mol. The first kappa shape index (κ1) is 16.7. The minimum Gasteiger partial charge on any atom is -0.465 e. The number of ether oxygens (including phenoxy) is 1. The summed E-state index contributed by atoms with van der Waals surface area (Å²) < 4.78 is 5.03. The van der Waals surface area contributed by atoms with Gasteiger partial charge in [0.05, 0.1) is 6.61 Å². The quantitative estimate of drug-likeness (QED) is 0.797. The lowest BCUT2D eigenvalue weighted by molar-refractivity contribution is -0.148. The number of nitrogens with two attached hydrogens (primary N) is 1. The van der Waals surface area contributed by atoms with Gasteiger partial charge in [-0.25, -0.2) is 0 Å². The summed E-state index contributed by atoms with van der Waals surface area (Å²) in [7, 11) is 0. The maximum absolute atomic E-state index is 11.8. The van der Waals surface area contributed by atoms with E-state index in [1.54, 1.807) is 25.2 Å². The molecule has 2 N–H and O–H groups in total. The number of hydrogen-bond donors (Lipinski definition) is 1. The summed E-state index contributed by atoms with van der Waals surface area (Å²) in [5, 5.41) is 0. The van der Waals surface area contributed by atoms with Crippen LogP contribution in [0.4, 0.5) is 0 Å². The first-order valence-electron chi connectivity index (χ1n) is 7.59. The lowest BCUT2D eigenvalue weighted by Gasteiger charge is -2.21. The summed E-state index contributed by atoms with van der Waals surface area (Å²) in [4.78, 5) is 14.3. The lowest BCUT2D eigenvalue weighted by atomic mass is 9.98. The third kappa shape index (κ3) is 4.68. The topological polar surface area (TPSA) is 52.3 Å². The van der Waals surface area contributed by atoms with Crippen LogP contribution in [0.3, 0.4) is 0 Å². The molecular formula is C18H23NO2S. The van der Waals surface area contributed by atoms with Crippen molar-refractivity contribution < 1.29 is 9.53 Å². The molecule has 0 saturated carbocycles. The first-order chi connectivity index (χ1) is 10.5. The third-order valence-corrected chi connectivity index (χ3v) is 4.65. The Kier molecular flexibility index (Phi) is 5.75. The van der Waals surface area contributed by atoms with E-state index in [1.165, 1.54) is 10.4 Å². The Hall–Kier alpha value is -1.65. The average Bonchev–Trinajstić information content (AvgIpc) is 2.93. The van der Waals surface area contributed by atoms with Crippen LogP contribution in [0.25, 0.3) is 0 Å². The zero-order valence-corrected chi connectivity index (χ0v) is 14.0. The van der Waals surface area contributed by atoms with Crippen molar-refractivity contribution in [3.8, 4) is 0 Å². The minimum absolute atomic E-state index is 0.339. The predicted molar refractivity (Wildman–Crippen MR) is 91.1 cm³/mol. The number of aryl methyl sites for hydroxylation is 2. The van der Waals surface area contributed by atoms with Crippen molar-refractivity contribution in [2.75, 3.05) is 6.61 Å². The molecule has 0 saturated heterocycles. The van der Waals surface area contributed by atoms with Crippen molar-refractivity contribution in [3.05, 3.63) is 57.8 Å². The Bertz CT molecular complexity index is 605. The lowest BCUT2D eigenvalue weighted by Crippen LogP contribution is -2.47. The normalized spacial score (nSPS) is 13.6. The fourth-order valence-corrected chi connectivity index (χ4v) is 3.48.